The Hall–Kier alpha value is -1.14. The van der Waals surface area contributed by atoms with Crippen molar-refractivity contribution in [3.63, 3.8) is 0 Å². The van der Waals surface area contributed by atoms with Crippen LogP contribution in [0, 0.1) is 0 Å². The molecule has 0 aromatic carbocycles. The summed E-state index contributed by atoms with van der Waals surface area (Å²) in [4.78, 5) is 6.23. The summed E-state index contributed by atoms with van der Waals surface area (Å²) >= 11 is 0. The van der Waals surface area contributed by atoms with E-state index in [1.165, 1.54) is 19.1 Å². The number of nitrogens with zero attached hydrogens (tertiary/aromatic N) is 2. The Balaban J connectivity index is 1.85. The van der Waals surface area contributed by atoms with Crippen molar-refractivity contribution >= 4 is 15.7 Å². The number of nitrogens with one attached hydrogen (secondary N) is 1. The van der Waals surface area contributed by atoms with Gasteiger partial charge in [0.2, 0.25) is 0 Å². The van der Waals surface area contributed by atoms with Crippen LogP contribution in [0.1, 0.15) is 18.4 Å². The highest BCUT2D eigenvalue weighted by molar-refractivity contribution is 7.90. The van der Waals surface area contributed by atoms with Crippen molar-refractivity contribution in [2.75, 3.05) is 30.5 Å². The molecule has 1 fully saturated rings. The summed E-state index contributed by atoms with van der Waals surface area (Å²) < 4.78 is 22.2. The number of aromatic nitrogens is 1. The Morgan fingerprint density at radius 2 is 2.16 bits per heavy atom. The van der Waals surface area contributed by atoms with Gasteiger partial charge in [0, 0.05) is 38.6 Å². The Labute approximate surface area is 114 Å². The van der Waals surface area contributed by atoms with Gasteiger partial charge < -0.3 is 10.2 Å². The third kappa shape index (κ3) is 5.16. The molecule has 1 saturated carbocycles. The van der Waals surface area contributed by atoms with Gasteiger partial charge in [-0.25, -0.2) is 13.4 Å². The molecule has 5 nitrogen and oxygen atoms in total. The monoisotopic (exact) mass is 283 g/mol. The lowest BCUT2D eigenvalue weighted by Gasteiger charge is -2.17. The lowest BCUT2D eigenvalue weighted by molar-refractivity contribution is 0.601. The fourth-order valence-electron chi connectivity index (χ4n) is 1.71. The van der Waals surface area contributed by atoms with E-state index in [1.807, 2.05) is 30.3 Å². The number of anilines is 1. The lowest BCUT2D eigenvalue weighted by atomic mass is 10.2. The predicted molar refractivity (Wildman–Crippen MR) is 77.1 cm³/mol. The molecule has 6 heteroatoms. The summed E-state index contributed by atoms with van der Waals surface area (Å²) in [7, 11) is -1.07. The van der Waals surface area contributed by atoms with Crippen LogP contribution >= 0.6 is 0 Å². The highest BCUT2D eigenvalue weighted by atomic mass is 32.2. The van der Waals surface area contributed by atoms with E-state index in [4.69, 9.17) is 0 Å². The topological polar surface area (TPSA) is 62.3 Å². The van der Waals surface area contributed by atoms with Crippen LogP contribution in [-0.4, -0.2) is 45.0 Å². The maximum atomic E-state index is 11.1. The van der Waals surface area contributed by atoms with Crippen molar-refractivity contribution in [1.29, 1.82) is 0 Å². The van der Waals surface area contributed by atoms with Gasteiger partial charge in [-0.1, -0.05) is 6.07 Å². The van der Waals surface area contributed by atoms with Crippen LogP contribution in [0.15, 0.2) is 18.3 Å². The van der Waals surface area contributed by atoms with E-state index in [9.17, 15) is 8.42 Å². The first-order valence-corrected chi connectivity index (χ1v) is 8.57. The van der Waals surface area contributed by atoms with Gasteiger partial charge in [-0.05, 0) is 24.5 Å². The van der Waals surface area contributed by atoms with Gasteiger partial charge >= 0.3 is 0 Å². The molecule has 0 spiro atoms. The zero-order valence-electron chi connectivity index (χ0n) is 11.5. The molecule has 1 aromatic heterocycles. The van der Waals surface area contributed by atoms with E-state index >= 15 is 0 Å². The number of hydrogen-bond acceptors (Lipinski definition) is 5. The molecule has 1 aliphatic carbocycles. The molecule has 1 aromatic rings. The smallest absolute Gasteiger partial charge is 0.149 e. The predicted octanol–water partition coefficient (Wildman–Crippen LogP) is 0.814. The van der Waals surface area contributed by atoms with Crippen molar-refractivity contribution in [2.45, 2.75) is 25.4 Å². The molecular formula is C13H21N3O2S. The van der Waals surface area contributed by atoms with Crippen LogP contribution in [0.5, 0.6) is 0 Å². The van der Waals surface area contributed by atoms with Gasteiger partial charge in [0.1, 0.15) is 15.7 Å². The molecule has 0 radical (unpaired) electrons. The molecule has 0 bridgehead atoms. The maximum Gasteiger partial charge on any atom is 0.149 e. The Morgan fingerprint density at radius 1 is 1.42 bits per heavy atom. The molecule has 0 atom stereocenters. The molecule has 106 valence electrons. The van der Waals surface area contributed by atoms with Gasteiger partial charge in [-0.3, -0.25) is 0 Å². The molecule has 0 aliphatic heterocycles. The summed E-state index contributed by atoms with van der Waals surface area (Å²) in [6, 6.07) is 4.66. The summed E-state index contributed by atoms with van der Waals surface area (Å²) in [6.07, 6.45) is 5.65. The highest BCUT2D eigenvalue weighted by Crippen LogP contribution is 2.19. The first-order valence-electron chi connectivity index (χ1n) is 6.51. The van der Waals surface area contributed by atoms with Gasteiger partial charge in [-0.2, -0.15) is 0 Å². The fourth-order valence-corrected chi connectivity index (χ4v) is 2.32. The van der Waals surface area contributed by atoms with Crippen molar-refractivity contribution < 1.29 is 8.42 Å². The van der Waals surface area contributed by atoms with Gasteiger partial charge in [0.05, 0.1) is 5.75 Å². The number of sulfone groups is 1. The third-order valence-electron chi connectivity index (χ3n) is 3.17. The second-order valence-electron chi connectivity index (χ2n) is 5.23. The molecule has 1 N–H and O–H groups in total. The van der Waals surface area contributed by atoms with Gasteiger partial charge in [0.15, 0.2) is 0 Å². The number of pyridine rings is 1. The average Bonchev–Trinajstić information content (AvgIpc) is 3.17. The molecule has 1 heterocycles. The van der Waals surface area contributed by atoms with E-state index in [2.05, 4.69) is 10.3 Å². The quantitative estimate of drug-likeness (QED) is 0.802. The molecular weight excluding hydrogens is 262 g/mol. The van der Waals surface area contributed by atoms with Crippen LogP contribution in [-0.2, 0) is 16.4 Å². The van der Waals surface area contributed by atoms with E-state index in [0.29, 0.717) is 12.6 Å². The molecule has 0 saturated heterocycles. The minimum absolute atomic E-state index is 0.149. The van der Waals surface area contributed by atoms with Gasteiger partial charge in [0.25, 0.3) is 0 Å². The lowest BCUT2D eigenvalue weighted by Crippen LogP contribution is -2.25. The van der Waals surface area contributed by atoms with Crippen LogP contribution in [0.2, 0.25) is 0 Å². The molecule has 2 rings (SSSR count). The minimum Gasteiger partial charge on any atom is -0.359 e. The normalized spacial score (nSPS) is 15.5. The molecule has 19 heavy (non-hydrogen) atoms. The first-order chi connectivity index (χ1) is 8.94. The standard InChI is InChI=1S/C13H21N3O2S/c1-16(7-8-19(2,17)18)13-6-3-11(10-15-13)9-14-12-4-5-12/h3,6,10,12,14H,4-5,7-9H2,1-2H3. The molecule has 0 unspecified atom stereocenters. The SMILES string of the molecule is CN(CCS(C)(=O)=O)c1ccc(CNC2CC2)cn1. The Morgan fingerprint density at radius 3 is 2.68 bits per heavy atom. The average molecular weight is 283 g/mol. The third-order valence-corrected chi connectivity index (χ3v) is 4.09. The van der Waals surface area contributed by atoms with E-state index in [-0.39, 0.29) is 5.75 Å². The first kappa shape index (κ1) is 14.3. The fraction of sp³-hybridized carbons (Fsp3) is 0.615. The van der Waals surface area contributed by atoms with E-state index in [0.717, 1.165) is 17.9 Å². The van der Waals surface area contributed by atoms with Crippen molar-refractivity contribution in [3.05, 3.63) is 23.9 Å². The van der Waals surface area contributed by atoms with Crippen molar-refractivity contribution in [2.24, 2.45) is 0 Å². The summed E-state index contributed by atoms with van der Waals surface area (Å²) in [5, 5.41) is 3.43. The van der Waals surface area contributed by atoms with Crippen molar-refractivity contribution in [3.8, 4) is 0 Å². The van der Waals surface area contributed by atoms with Crippen LogP contribution < -0.4 is 10.2 Å². The zero-order chi connectivity index (χ0) is 13.9. The largest absolute Gasteiger partial charge is 0.359 e. The summed E-state index contributed by atoms with van der Waals surface area (Å²) in [5.41, 5.74) is 1.16. The van der Waals surface area contributed by atoms with E-state index in [1.54, 1.807) is 0 Å². The molecule has 1 aliphatic rings. The Bertz CT molecular complexity index is 509. The second-order valence-corrected chi connectivity index (χ2v) is 7.49. The summed E-state index contributed by atoms with van der Waals surface area (Å²) in [6.45, 7) is 1.32. The number of rotatable bonds is 7. The molecule has 0 amide bonds. The maximum absolute atomic E-state index is 11.1. The van der Waals surface area contributed by atoms with Crippen LogP contribution in [0.4, 0.5) is 5.82 Å². The minimum atomic E-state index is -2.93. The second kappa shape index (κ2) is 5.88. The van der Waals surface area contributed by atoms with E-state index < -0.39 is 9.84 Å². The number of hydrogen-bond donors (Lipinski definition) is 1. The highest BCUT2D eigenvalue weighted by Gasteiger charge is 2.19. The summed E-state index contributed by atoms with van der Waals surface area (Å²) in [5.74, 6) is 0.953. The Kier molecular flexibility index (Phi) is 4.42. The zero-order valence-corrected chi connectivity index (χ0v) is 12.3. The van der Waals surface area contributed by atoms with Crippen LogP contribution in [0.25, 0.3) is 0 Å². The van der Waals surface area contributed by atoms with Gasteiger partial charge in [-0.15, -0.1) is 0 Å². The van der Waals surface area contributed by atoms with Crippen LogP contribution in [0.3, 0.4) is 0 Å². The van der Waals surface area contributed by atoms with Crippen molar-refractivity contribution in [1.82, 2.24) is 10.3 Å².